The van der Waals surface area contributed by atoms with E-state index in [-0.39, 0.29) is 11.9 Å². The Balaban J connectivity index is 2.25. The quantitative estimate of drug-likeness (QED) is 0.758. The largest absolute Gasteiger partial charge is 0.374 e. The van der Waals surface area contributed by atoms with Crippen molar-refractivity contribution in [3.05, 3.63) is 0 Å². The molecule has 1 aromatic heterocycles. The molecule has 0 saturated carbocycles. The van der Waals surface area contributed by atoms with Crippen molar-refractivity contribution in [2.24, 2.45) is 0 Å². The van der Waals surface area contributed by atoms with Crippen LogP contribution in [-0.2, 0) is 4.79 Å². The zero-order chi connectivity index (χ0) is 12.0. The highest BCUT2D eigenvalue weighted by molar-refractivity contribution is 8.01. The van der Waals surface area contributed by atoms with Gasteiger partial charge in [-0.2, -0.15) is 0 Å². The number of carbonyl (C=O) groups excluding carboxylic acids is 1. The van der Waals surface area contributed by atoms with Crippen LogP contribution >= 0.6 is 23.1 Å². The molecular weight excluding hydrogens is 244 g/mol. The van der Waals surface area contributed by atoms with Crippen LogP contribution < -0.4 is 11.1 Å². The number of nitrogens with zero attached hydrogens (tertiary/aromatic N) is 2. The van der Waals surface area contributed by atoms with Crippen LogP contribution in [0.4, 0.5) is 5.13 Å². The SMILES string of the molecule is CCC[C@@H](C)NC(=O)CSc1nnc(N)s1. The lowest BCUT2D eigenvalue weighted by molar-refractivity contribution is -0.119. The van der Waals surface area contributed by atoms with Crippen LogP contribution in [0.3, 0.4) is 0 Å². The number of hydrogen-bond donors (Lipinski definition) is 2. The number of amides is 1. The Labute approximate surface area is 103 Å². The Morgan fingerprint density at radius 1 is 1.62 bits per heavy atom. The third-order valence-electron chi connectivity index (χ3n) is 1.88. The van der Waals surface area contributed by atoms with E-state index in [9.17, 15) is 4.79 Å². The molecule has 1 amide bonds. The maximum Gasteiger partial charge on any atom is 0.230 e. The van der Waals surface area contributed by atoms with E-state index in [1.54, 1.807) is 0 Å². The van der Waals surface area contributed by atoms with Gasteiger partial charge in [-0.1, -0.05) is 36.4 Å². The number of carbonyl (C=O) groups is 1. The summed E-state index contributed by atoms with van der Waals surface area (Å²) in [5, 5.41) is 10.9. The average molecular weight is 260 g/mol. The maximum absolute atomic E-state index is 11.5. The van der Waals surface area contributed by atoms with Crippen LogP contribution in [0.5, 0.6) is 0 Å². The van der Waals surface area contributed by atoms with Crippen molar-refractivity contribution in [3.63, 3.8) is 0 Å². The van der Waals surface area contributed by atoms with Crippen LogP contribution in [0, 0.1) is 0 Å². The third kappa shape index (κ3) is 4.80. The summed E-state index contributed by atoms with van der Waals surface area (Å²) in [6.45, 7) is 4.11. The van der Waals surface area contributed by atoms with Gasteiger partial charge in [-0.05, 0) is 13.3 Å². The second-order valence-electron chi connectivity index (χ2n) is 3.45. The highest BCUT2D eigenvalue weighted by Gasteiger charge is 2.09. The first kappa shape index (κ1) is 13.2. The van der Waals surface area contributed by atoms with Crippen molar-refractivity contribution in [1.29, 1.82) is 0 Å². The van der Waals surface area contributed by atoms with E-state index in [2.05, 4.69) is 22.4 Å². The molecule has 3 N–H and O–H groups in total. The lowest BCUT2D eigenvalue weighted by Crippen LogP contribution is -2.33. The van der Waals surface area contributed by atoms with Crippen molar-refractivity contribution >= 4 is 34.1 Å². The van der Waals surface area contributed by atoms with E-state index in [1.807, 2.05) is 6.92 Å². The molecule has 1 rings (SSSR count). The highest BCUT2D eigenvalue weighted by Crippen LogP contribution is 2.22. The van der Waals surface area contributed by atoms with Gasteiger partial charge < -0.3 is 11.1 Å². The van der Waals surface area contributed by atoms with Gasteiger partial charge >= 0.3 is 0 Å². The molecule has 0 aliphatic rings. The number of nitrogen functional groups attached to an aromatic ring is 1. The second kappa shape index (κ2) is 6.70. The molecule has 16 heavy (non-hydrogen) atoms. The van der Waals surface area contributed by atoms with E-state index < -0.39 is 0 Å². The number of rotatable bonds is 6. The standard InChI is InChI=1S/C9H16N4OS2/c1-3-4-6(2)11-7(14)5-15-9-13-12-8(10)16-9/h6H,3-5H2,1-2H3,(H2,10,12)(H,11,14)/t6-/m1/s1. The number of nitrogens with one attached hydrogen (secondary N) is 1. The monoisotopic (exact) mass is 260 g/mol. The first-order valence-electron chi connectivity index (χ1n) is 5.13. The summed E-state index contributed by atoms with van der Waals surface area (Å²) in [7, 11) is 0. The fraction of sp³-hybridized carbons (Fsp3) is 0.667. The highest BCUT2D eigenvalue weighted by atomic mass is 32.2. The molecule has 0 spiro atoms. The predicted octanol–water partition coefficient (Wildman–Crippen LogP) is 1.52. The summed E-state index contributed by atoms with van der Waals surface area (Å²) in [6, 6.07) is 0.234. The fourth-order valence-corrected chi connectivity index (χ4v) is 2.67. The number of hydrogen-bond acceptors (Lipinski definition) is 6. The molecule has 5 nitrogen and oxygen atoms in total. The molecule has 0 unspecified atom stereocenters. The van der Waals surface area contributed by atoms with Gasteiger partial charge in [-0.3, -0.25) is 4.79 Å². The molecule has 0 aliphatic carbocycles. The molecule has 0 radical (unpaired) electrons. The van der Waals surface area contributed by atoms with E-state index >= 15 is 0 Å². The van der Waals surface area contributed by atoms with E-state index in [4.69, 9.17) is 5.73 Å². The average Bonchev–Trinajstić information content (AvgIpc) is 2.61. The Hall–Kier alpha value is -0.820. The first-order valence-corrected chi connectivity index (χ1v) is 6.93. The minimum Gasteiger partial charge on any atom is -0.374 e. The number of nitrogens with two attached hydrogens (primary N) is 1. The predicted molar refractivity (Wildman–Crippen MR) is 67.6 cm³/mol. The molecule has 7 heteroatoms. The van der Waals surface area contributed by atoms with Gasteiger partial charge in [0, 0.05) is 6.04 Å². The Kier molecular flexibility index (Phi) is 5.54. The topological polar surface area (TPSA) is 80.9 Å². The van der Waals surface area contributed by atoms with E-state index in [1.165, 1.54) is 23.1 Å². The van der Waals surface area contributed by atoms with Crippen molar-refractivity contribution in [3.8, 4) is 0 Å². The number of thioether (sulfide) groups is 1. The van der Waals surface area contributed by atoms with E-state index in [0.29, 0.717) is 10.9 Å². The summed E-state index contributed by atoms with van der Waals surface area (Å²) in [6.07, 6.45) is 2.07. The lowest BCUT2D eigenvalue weighted by atomic mass is 10.2. The van der Waals surface area contributed by atoms with Gasteiger partial charge in [0.25, 0.3) is 0 Å². The van der Waals surface area contributed by atoms with Gasteiger partial charge in [0.05, 0.1) is 5.75 Å². The Morgan fingerprint density at radius 3 is 2.94 bits per heavy atom. The van der Waals surface area contributed by atoms with Gasteiger partial charge in [-0.15, -0.1) is 10.2 Å². The van der Waals surface area contributed by atoms with E-state index in [0.717, 1.165) is 17.2 Å². The third-order valence-corrected chi connectivity index (χ3v) is 3.76. The summed E-state index contributed by atoms with van der Waals surface area (Å²) in [5.74, 6) is 0.391. The molecule has 0 bridgehead atoms. The number of anilines is 1. The van der Waals surface area contributed by atoms with Crippen molar-refractivity contribution in [2.45, 2.75) is 37.1 Å². The molecule has 0 aromatic carbocycles. The molecule has 1 aromatic rings. The second-order valence-corrected chi connectivity index (χ2v) is 5.68. The van der Waals surface area contributed by atoms with Crippen molar-refractivity contribution in [2.75, 3.05) is 11.5 Å². The molecule has 1 atom stereocenters. The smallest absolute Gasteiger partial charge is 0.230 e. The van der Waals surface area contributed by atoms with Gasteiger partial charge in [-0.25, -0.2) is 0 Å². The summed E-state index contributed by atoms with van der Waals surface area (Å²) in [4.78, 5) is 11.5. The molecule has 0 aliphatic heterocycles. The van der Waals surface area contributed by atoms with Crippen molar-refractivity contribution < 1.29 is 4.79 Å². The molecule has 90 valence electrons. The first-order chi connectivity index (χ1) is 7.61. The van der Waals surface area contributed by atoms with Crippen LogP contribution in [-0.4, -0.2) is 27.9 Å². The molecule has 1 heterocycles. The van der Waals surface area contributed by atoms with Crippen LogP contribution in [0.2, 0.25) is 0 Å². The van der Waals surface area contributed by atoms with Gasteiger partial charge in [0.15, 0.2) is 4.34 Å². The molecule has 0 fully saturated rings. The maximum atomic E-state index is 11.5. The number of aromatic nitrogens is 2. The summed E-state index contributed by atoms with van der Waals surface area (Å²) < 4.78 is 0.732. The zero-order valence-corrected chi connectivity index (χ0v) is 11.0. The lowest BCUT2D eigenvalue weighted by Gasteiger charge is -2.11. The van der Waals surface area contributed by atoms with Crippen LogP contribution in [0.1, 0.15) is 26.7 Å². The minimum absolute atomic E-state index is 0.0275. The fourth-order valence-electron chi connectivity index (χ4n) is 1.23. The van der Waals surface area contributed by atoms with Crippen LogP contribution in [0.15, 0.2) is 4.34 Å². The van der Waals surface area contributed by atoms with Gasteiger partial charge in [0.2, 0.25) is 11.0 Å². The normalized spacial score (nSPS) is 12.4. The zero-order valence-electron chi connectivity index (χ0n) is 9.40. The molecular formula is C9H16N4OS2. The summed E-state index contributed by atoms with van der Waals surface area (Å²) in [5.41, 5.74) is 5.44. The Bertz CT molecular complexity index is 342. The molecule has 0 saturated heterocycles. The Morgan fingerprint density at radius 2 is 2.38 bits per heavy atom. The summed E-state index contributed by atoms with van der Waals surface area (Å²) >= 11 is 2.66. The van der Waals surface area contributed by atoms with Crippen molar-refractivity contribution in [1.82, 2.24) is 15.5 Å². The van der Waals surface area contributed by atoms with Crippen LogP contribution in [0.25, 0.3) is 0 Å². The van der Waals surface area contributed by atoms with Gasteiger partial charge in [0.1, 0.15) is 0 Å². The minimum atomic E-state index is 0.0275.